The standard InChI is InChI=1S/C14H11BrClI/c1-9-2-4-10(5-3-9)14(16)12-8-11(15)6-7-13(12)17/h2-8,14H,1H3. The highest BCUT2D eigenvalue weighted by Crippen LogP contribution is 2.33. The number of rotatable bonds is 2. The minimum Gasteiger partial charge on any atom is -0.113 e. The predicted molar refractivity (Wildman–Crippen MR) is 85.7 cm³/mol. The fourth-order valence-corrected chi connectivity index (χ4v) is 3.16. The minimum absolute atomic E-state index is 0.0972. The molecule has 0 radical (unpaired) electrons. The van der Waals surface area contributed by atoms with E-state index in [0.29, 0.717) is 0 Å². The topological polar surface area (TPSA) is 0 Å². The first-order valence-corrected chi connectivity index (χ1v) is 7.54. The first-order valence-electron chi connectivity index (χ1n) is 5.23. The second-order valence-electron chi connectivity index (χ2n) is 3.94. The molecule has 0 saturated heterocycles. The van der Waals surface area contributed by atoms with Gasteiger partial charge in [-0.05, 0) is 58.8 Å². The van der Waals surface area contributed by atoms with Gasteiger partial charge in [0.15, 0.2) is 0 Å². The highest BCUT2D eigenvalue weighted by atomic mass is 127. The van der Waals surface area contributed by atoms with Crippen LogP contribution in [0.25, 0.3) is 0 Å². The zero-order chi connectivity index (χ0) is 12.4. The zero-order valence-corrected chi connectivity index (χ0v) is 13.8. The monoisotopic (exact) mass is 420 g/mol. The molecule has 0 nitrogen and oxygen atoms in total. The summed E-state index contributed by atoms with van der Waals surface area (Å²) in [5.74, 6) is 0. The molecule has 0 aliphatic rings. The maximum atomic E-state index is 6.54. The summed E-state index contributed by atoms with van der Waals surface area (Å²) in [6, 6.07) is 14.5. The van der Waals surface area contributed by atoms with Crippen molar-refractivity contribution in [2.45, 2.75) is 12.3 Å². The Balaban J connectivity index is 2.39. The number of benzene rings is 2. The van der Waals surface area contributed by atoms with Gasteiger partial charge in [0, 0.05) is 8.04 Å². The van der Waals surface area contributed by atoms with E-state index in [2.05, 4.69) is 81.8 Å². The van der Waals surface area contributed by atoms with Crippen LogP contribution in [0.2, 0.25) is 0 Å². The van der Waals surface area contributed by atoms with Crippen LogP contribution in [-0.4, -0.2) is 0 Å². The van der Waals surface area contributed by atoms with Crippen molar-refractivity contribution in [3.8, 4) is 0 Å². The number of hydrogen-bond acceptors (Lipinski definition) is 0. The van der Waals surface area contributed by atoms with Gasteiger partial charge in [0.25, 0.3) is 0 Å². The molecule has 0 amide bonds. The molecule has 0 fully saturated rings. The molecule has 0 aliphatic heterocycles. The summed E-state index contributed by atoms with van der Waals surface area (Å²) < 4.78 is 2.25. The lowest BCUT2D eigenvalue weighted by atomic mass is 10.0. The van der Waals surface area contributed by atoms with Gasteiger partial charge in [0.1, 0.15) is 0 Å². The molecule has 17 heavy (non-hydrogen) atoms. The average Bonchev–Trinajstić information content (AvgIpc) is 2.32. The normalized spacial score (nSPS) is 12.5. The van der Waals surface area contributed by atoms with Gasteiger partial charge in [-0.15, -0.1) is 11.6 Å². The van der Waals surface area contributed by atoms with Crippen molar-refractivity contribution in [2.24, 2.45) is 0 Å². The molecule has 0 aromatic heterocycles. The van der Waals surface area contributed by atoms with Crippen molar-refractivity contribution in [1.82, 2.24) is 0 Å². The fraction of sp³-hybridized carbons (Fsp3) is 0.143. The van der Waals surface area contributed by atoms with Crippen LogP contribution in [-0.2, 0) is 0 Å². The van der Waals surface area contributed by atoms with Gasteiger partial charge in [-0.25, -0.2) is 0 Å². The Kier molecular flexibility index (Phi) is 4.50. The molecular weight excluding hydrogens is 410 g/mol. The third-order valence-electron chi connectivity index (χ3n) is 2.60. The molecule has 0 bridgehead atoms. The predicted octanol–water partition coefficient (Wildman–Crippen LogP) is 5.69. The molecule has 3 heteroatoms. The summed E-state index contributed by atoms with van der Waals surface area (Å²) in [6.07, 6.45) is 0. The van der Waals surface area contributed by atoms with Crippen molar-refractivity contribution in [1.29, 1.82) is 0 Å². The van der Waals surface area contributed by atoms with Gasteiger partial charge in [-0.1, -0.05) is 45.8 Å². The number of alkyl halides is 1. The molecule has 2 aromatic carbocycles. The summed E-state index contributed by atoms with van der Waals surface area (Å²) in [7, 11) is 0. The van der Waals surface area contributed by atoms with E-state index in [9.17, 15) is 0 Å². The Morgan fingerprint density at radius 3 is 2.41 bits per heavy atom. The number of hydrogen-bond donors (Lipinski definition) is 0. The second-order valence-corrected chi connectivity index (χ2v) is 6.45. The highest BCUT2D eigenvalue weighted by molar-refractivity contribution is 14.1. The van der Waals surface area contributed by atoms with Crippen molar-refractivity contribution >= 4 is 50.1 Å². The van der Waals surface area contributed by atoms with Gasteiger partial charge in [-0.2, -0.15) is 0 Å². The van der Waals surface area contributed by atoms with E-state index in [1.807, 2.05) is 6.07 Å². The lowest BCUT2D eigenvalue weighted by molar-refractivity contribution is 1.12. The maximum Gasteiger partial charge on any atom is 0.0846 e. The maximum absolute atomic E-state index is 6.54. The van der Waals surface area contributed by atoms with Gasteiger partial charge in [0.2, 0.25) is 0 Å². The molecule has 0 spiro atoms. The van der Waals surface area contributed by atoms with Crippen LogP contribution in [0, 0.1) is 10.5 Å². The molecule has 0 heterocycles. The summed E-state index contributed by atoms with van der Waals surface area (Å²) in [6.45, 7) is 2.08. The van der Waals surface area contributed by atoms with Gasteiger partial charge >= 0.3 is 0 Å². The van der Waals surface area contributed by atoms with Crippen LogP contribution in [0.15, 0.2) is 46.9 Å². The lowest BCUT2D eigenvalue weighted by Crippen LogP contribution is -1.96. The Morgan fingerprint density at radius 2 is 1.76 bits per heavy atom. The molecule has 0 aliphatic carbocycles. The fourth-order valence-electron chi connectivity index (χ4n) is 1.62. The molecule has 2 aromatic rings. The summed E-state index contributed by atoms with van der Waals surface area (Å²) >= 11 is 12.3. The smallest absolute Gasteiger partial charge is 0.0846 e. The van der Waals surface area contributed by atoms with Gasteiger partial charge < -0.3 is 0 Å². The van der Waals surface area contributed by atoms with Crippen molar-refractivity contribution in [2.75, 3.05) is 0 Å². The Labute approximate surface area is 129 Å². The number of halogens is 3. The van der Waals surface area contributed by atoms with Crippen LogP contribution >= 0.6 is 50.1 Å². The molecular formula is C14H11BrClI. The van der Waals surface area contributed by atoms with Crippen LogP contribution in [0.4, 0.5) is 0 Å². The Bertz CT molecular complexity index is 522. The van der Waals surface area contributed by atoms with Crippen LogP contribution < -0.4 is 0 Å². The van der Waals surface area contributed by atoms with E-state index in [4.69, 9.17) is 11.6 Å². The average molecular weight is 422 g/mol. The quantitative estimate of drug-likeness (QED) is 0.432. The first-order chi connectivity index (χ1) is 8.08. The van der Waals surface area contributed by atoms with E-state index in [-0.39, 0.29) is 5.38 Å². The van der Waals surface area contributed by atoms with E-state index in [1.54, 1.807) is 0 Å². The van der Waals surface area contributed by atoms with Crippen molar-refractivity contribution in [3.63, 3.8) is 0 Å². The molecule has 0 saturated carbocycles. The second kappa shape index (κ2) is 5.72. The lowest BCUT2D eigenvalue weighted by Gasteiger charge is -2.13. The minimum atomic E-state index is -0.0972. The summed E-state index contributed by atoms with van der Waals surface area (Å²) in [4.78, 5) is 0. The van der Waals surface area contributed by atoms with E-state index in [1.165, 1.54) is 9.13 Å². The van der Waals surface area contributed by atoms with E-state index in [0.717, 1.165) is 15.6 Å². The molecule has 88 valence electrons. The van der Waals surface area contributed by atoms with E-state index >= 15 is 0 Å². The van der Waals surface area contributed by atoms with Crippen LogP contribution in [0.1, 0.15) is 22.1 Å². The SMILES string of the molecule is Cc1ccc(C(Cl)c2cc(Br)ccc2I)cc1. The Hall–Kier alpha value is -0.0600. The molecule has 1 atom stereocenters. The van der Waals surface area contributed by atoms with Crippen LogP contribution in [0.3, 0.4) is 0 Å². The van der Waals surface area contributed by atoms with E-state index < -0.39 is 0 Å². The Morgan fingerprint density at radius 1 is 1.12 bits per heavy atom. The van der Waals surface area contributed by atoms with Crippen molar-refractivity contribution < 1.29 is 0 Å². The molecule has 0 N–H and O–H groups in total. The summed E-state index contributed by atoms with van der Waals surface area (Å²) in [5.41, 5.74) is 3.53. The third-order valence-corrected chi connectivity index (χ3v) is 4.56. The largest absolute Gasteiger partial charge is 0.113 e. The molecule has 1 unspecified atom stereocenters. The van der Waals surface area contributed by atoms with Gasteiger partial charge in [0.05, 0.1) is 5.38 Å². The first kappa shape index (κ1) is 13.4. The zero-order valence-electron chi connectivity index (χ0n) is 9.25. The summed E-state index contributed by atoms with van der Waals surface area (Å²) in [5, 5.41) is -0.0972. The highest BCUT2D eigenvalue weighted by Gasteiger charge is 2.14. The third kappa shape index (κ3) is 3.24. The molecule has 2 rings (SSSR count). The van der Waals surface area contributed by atoms with Gasteiger partial charge in [-0.3, -0.25) is 0 Å². The number of aryl methyl sites for hydroxylation is 1. The van der Waals surface area contributed by atoms with Crippen molar-refractivity contribution in [3.05, 3.63) is 67.2 Å². The van der Waals surface area contributed by atoms with Crippen LogP contribution in [0.5, 0.6) is 0 Å².